The normalized spacial score (nSPS) is 18.0. The van der Waals surface area contributed by atoms with Gasteiger partial charge in [-0.2, -0.15) is 0 Å². The number of rotatable bonds is 3. The number of hydrogen-bond donors (Lipinski definition) is 1. The van der Waals surface area contributed by atoms with Crippen molar-refractivity contribution in [1.82, 2.24) is 19.4 Å². The number of nitrogens with zero attached hydrogens (tertiary/aromatic N) is 4. The highest BCUT2D eigenvalue weighted by Crippen LogP contribution is 2.24. The second-order valence-corrected chi connectivity index (χ2v) is 8.12. The first-order valence-electron chi connectivity index (χ1n) is 10.5. The molecule has 2 atom stereocenters. The van der Waals surface area contributed by atoms with Gasteiger partial charge in [0, 0.05) is 38.8 Å². The predicted octanol–water partition coefficient (Wildman–Crippen LogP) is 3.51. The van der Waals surface area contributed by atoms with Crippen LogP contribution in [0.2, 0.25) is 0 Å². The number of amides is 2. The summed E-state index contributed by atoms with van der Waals surface area (Å²) in [5.41, 5.74) is 0.504. The Bertz CT molecular complexity index is 1230. The monoisotopic (exact) mass is 441 g/mol. The van der Waals surface area contributed by atoms with Gasteiger partial charge in [0.15, 0.2) is 0 Å². The van der Waals surface area contributed by atoms with Crippen LogP contribution in [0, 0.1) is 11.6 Å². The lowest BCUT2D eigenvalue weighted by Crippen LogP contribution is -2.55. The van der Waals surface area contributed by atoms with Gasteiger partial charge in [-0.25, -0.2) is 18.6 Å². The Morgan fingerprint density at radius 1 is 1.19 bits per heavy atom. The van der Waals surface area contributed by atoms with Crippen LogP contribution in [-0.4, -0.2) is 51.1 Å². The van der Waals surface area contributed by atoms with Gasteiger partial charge in [-0.05, 0) is 38.1 Å². The maximum atomic E-state index is 13.9. The fourth-order valence-corrected chi connectivity index (χ4v) is 4.19. The van der Waals surface area contributed by atoms with Gasteiger partial charge in [-0.15, -0.1) is 0 Å². The van der Waals surface area contributed by atoms with Gasteiger partial charge in [0.25, 0.3) is 5.56 Å². The summed E-state index contributed by atoms with van der Waals surface area (Å²) in [4.78, 5) is 34.0. The van der Waals surface area contributed by atoms with Crippen molar-refractivity contribution < 1.29 is 13.6 Å². The van der Waals surface area contributed by atoms with Gasteiger partial charge in [-0.3, -0.25) is 14.3 Å². The molecule has 0 spiro atoms. The zero-order valence-corrected chi connectivity index (χ0v) is 18.2. The first-order chi connectivity index (χ1) is 15.3. The van der Waals surface area contributed by atoms with Crippen LogP contribution in [0.1, 0.15) is 25.7 Å². The predicted molar refractivity (Wildman–Crippen MR) is 119 cm³/mol. The SMILES string of the molecule is CC(c1nc2ccccc2c(=O)n1C)N1CCN(C(=O)Nc2ccc(F)cc2F)C(C)C1. The number of anilines is 1. The molecule has 2 aromatic carbocycles. The number of benzene rings is 2. The second-order valence-electron chi connectivity index (χ2n) is 8.12. The summed E-state index contributed by atoms with van der Waals surface area (Å²) in [7, 11) is 1.72. The van der Waals surface area contributed by atoms with Crippen LogP contribution in [0.4, 0.5) is 19.3 Å². The topological polar surface area (TPSA) is 70.5 Å². The lowest BCUT2D eigenvalue weighted by Gasteiger charge is -2.42. The van der Waals surface area contributed by atoms with Crippen LogP contribution in [0.5, 0.6) is 0 Å². The molecule has 1 saturated heterocycles. The molecule has 32 heavy (non-hydrogen) atoms. The van der Waals surface area contributed by atoms with Crippen molar-refractivity contribution in [2.75, 3.05) is 25.0 Å². The van der Waals surface area contributed by atoms with Crippen LogP contribution in [0.3, 0.4) is 0 Å². The minimum Gasteiger partial charge on any atom is -0.319 e. The standard InChI is InChI=1S/C23H25F2N5O2/c1-14-13-29(10-11-30(14)23(32)27-20-9-8-16(24)12-18(20)25)15(2)21-26-19-7-5-4-6-17(19)22(31)28(21)3/h4-9,12,14-15H,10-11,13H2,1-3H3,(H,27,32). The van der Waals surface area contributed by atoms with E-state index in [-0.39, 0.29) is 23.3 Å². The summed E-state index contributed by atoms with van der Waals surface area (Å²) >= 11 is 0. The molecule has 1 aliphatic heterocycles. The van der Waals surface area contributed by atoms with Crippen LogP contribution < -0.4 is 10.9 Å². The van der Waals surface area contributed by atoms with Crippen LogP contribution in [0.15, 0.2) is 47.3 Å². The summed E-state index contributed by atoms with van der Waals surface area (Å²) in [6.07, 6.45) is 0. The number of piperazine rings is 1. The van der Waals surface area contributed by atoms with Crippen LogP contribution in [-0.2, 0) is 7.05 Å². The molecule has 2 unspecified atom stereocenters. The van der Waals surface area contributed by atoms with Crippen molar-refractivity contribution in [3.63, 3.8) is 0 Å². The third-order valence-corrected chi connectivity index (χ3v) is 6.03. The van der Waals surface area contributed by atoms with Crippen molar-refractivity contribution >= 4 is 22.6 Å². The molecule has 7 nitrogen and oxygen atoms in total. The number of urea groups is 1. The zero-order chi connectivity index (χ0) is 23.0. The molecular weight excluding hydrogens is 416 g/mol. The van der Waals surface area contributed by atoms with E-state index in [9.17, 15) is 18.4 Å². The van der Waals surface area contributed by atoms with E-state index in [0.717, 1.165) is 12.1 Å². The number of aromatic nitrogens is 2. The average Bonchev–Trinajstić information content (AvgIpc) is 2.77. The third kappa shape index (κ3) is 4.08. The first-order valence-corrected chi connectivity index (χ1v) is 10.5. The molecule has 1 N–H and O–H groups in total. The number of hydrogen-bond acceptors (Lipinski definition) is 4. The van der Waals surface area contributed by atoms with E-state index < -0.39 is 17.7 Å². The van der Waals surface area contributed by atoms with Crippen LogP contribution >= 0.6 is 0 Å². The van der Waals surface area contributed by atoms with Gasteiger partial charge < -0.3 is 10.2 Å². The maximum absolute atomic E-state index is 13.9. The van der Waals surface area contributed by atoms with Gasteiger partial charge in [0.05, 0.1) is 22.6 Å². The number of carbonyl (C=O) groups excluding carboxylic acids is 1. The molecule has 1 aliphatic rings. The van der Waals surface area contributed by atoms with Crippen molar-refractivity contribution in [1.29, 1.82) is 0 Å². The fourth-order valence-electron chi connectivity index (χ4n) is 4.19. The van der Waals surface area contributed by atoms with E-state index in [2.05, 4.69) is 10.2 Å². The Morgan fingerprint density at radius 3 is 2.66 bits per heavy atom. The van der Waals surface area contributed by atoms with Gasteiger partial charge in [0.2, 0.25) is 0 Å². The molecule has 4 rings (SSSR count). The molecule has 2 heterocycles. The summed E-state index contributed by atoms with van der Waals surface area (Å²) in [6, 6.07) is 9.57. The lowest BCUT2D eigenvalue weighted by molar-refractivity contribution is 0.0796. The Morgan fingerprint density at radius 2 is 1.94 bits per heavy atom. The quantitative estimate of drug-likeness (QED) is 0.675. The number of para-hydroxylation sites is 1. The fraction of sp³-hybridized carbons (Fsp3) is 0.348. The van der Waals surface area contributed by atoms with Crippen LogP contribution in [0.25, 0.3) is 10.9 Å². The molecule has 3 aromatic rings. The zero-order valence-electron chi connectivity index (χ0n) is 18.2. The van der Waals surface area contributed by atoms with E-state index in [4.69, 9.17) is 4.98 Å². The number of carbonyl (C=O) groups is 1. The molecule has 0 radical (unpaired) electrons. The smallest absolute Gasteiger partial charge is 0.319 e. The second kappa shape index (κ2) is 8.66. The maximum Gasteiger partial charge on any atom is 0.322 e. The van der Waals surface area contributed by atoms with Crippen molar-refractivity contribution in [2.24, 2.45) is 7.05 Å². The highest BCUT2D eigenvalue weighted by atomic mass is 19.1. The molecule has 168 valence electrons. The van der Waals surface area contributed by atoms with E-state index in [1.165, 1.54) is 6.07 Å². The number of fused-ring (bicyclic) bond motifs is 1. The molecule has 9 heteroatoms. The summed E-state index contributed by atoms with van der Waals surface area (Å²) in [5, 5.41) is 3.10. The molecule has 2 amide bonds. The molecule has 1 fully saturated rings. The Hall–Kier alpha value is -3.33. The minimum atomic E-state index is -0.818. The van der Waals surface area contributed by atoms with Crippen molar-refractivity contribution in [2.45, 2.75) is 25.9 Å². The highest BCUT2D eigenvalue weighted by molar-refractivity contribution is 5.89. The molecule has 1 aromatic heterocycles. The van der Waals surface area contributed by atoms with Crippen molar-refractivity contribution in [3.8, 4) is 0 Å². The molecular formula is C23H25F2N5O2. The molecule has 0 bridgehead atoms. The summed E-state index contributed by atoms with van der Waals surface area (Å²) in [5.74, 6) is -0.859. The first kappa shape index (κ1) is 21.9. The number of nitrogens with one attached hydrogen (secondary N) is 1. The van der Waals surface area contributed by atoms with E-state index in [0.29, 0.717) is 36.4 Å². The minimum absolute atomic E-state index is 0.0604. The molecule has 0 aliphatic carbocycles. The summed E-state index contributed by atoms with van der Waals surface area (Å²) < 4.78 is 28.6. The Kier molecular flexibility index (Phi) is 5.92. The van der Waals surface area contributed by atoms with Gasteiger partial charge in [-0.1, -0.05) is 12.1 Å². The van der Waals surface area contributed by atoms with E-state index in [1.54, 1.807) is 22.6 Å². The summed E-state index contributed by atoms with van der Waals surface area (Å²) in [6.45, 7) is 5.44. The van der Waals surface area contributed by atoms with E-state index >= 15 is 0 Å². The molecule has 0 saturated carbocycles. The third-order valence-electron chi connectivity index (χ3n) is 6.03. The average molecular weight is 441 g/mol. The Balaban J connectivity index is 1.48. The Labute approximate surface area is 184 Å². The lowest BCUT2D eigenvalue weighted by atomic mass is 10.1. The van der Waals surface area contributed by atoms with E-state index in [1.807, 2.05) is 32.0 Å². The van der Waals surface area contributed by atoms with Gasteiger partial charge >= 0.3 is 6.03 Å². The largest absolute Gasteiger partial charge is 0.322 e. The van der Waals surface area contributed by atoms with Gasteiger partial charge in [0.1, 0.15) is 17.5 Å². The number of halogens is 2. The van der Waals surface area contributed by atoms with Crippen molar-refractivity contribution in [3.05, 3.63) is 70.3 Å². The highest BCUT2D eigenvalue weighted by Gasteiger charge is 2.31.